The standard InChI is InChI=1S/C42H45NO.C27H35NO.C3H4.2C2H6.2C2H4/c1-4-36-37-19-11-12-21-40(42(37)44-41(36)27-31-14-7-5-8-15-31)43(35-25-22-29(2)30(3)26-35)39-20-10-6-9-16-32-17-13-18-33-23-24-34(39)28-38(32)33;1-7-9-12-20(4)22-13-10-14-23-24-15-11-16-25(27(24)29-26(22)23)28(6)21(5)18-17-19(3)8-2;1-3-2;4*1-2/h4,9-10,13,16-20,22-26,31H,1,5-8,11-12,14-15,21,27-28H2,2-3H3;8,10-11,13-18,20-21H,7,9,12H2,1-6H3;1H,2H3;2*1-2H3;2*1-2H2/b16-9-,20-10-,39-34+;18-17-,19-8+;;;;;. The number of hydrogen-bond acceptors (Lipinski definition) is 4. The number of anilines is 2. The molecule has 2 bridgehead atoms. The van der Waals surface area contributed by atoms with Crippen LogP contribution in [0.25, 0.3) is 51.9 Å². The van der Waals surface area contributed by atoms with E-state index in [-0.39, 0.29) is 6.04 Å². The Bertz CT molecular complexity index is 3410. The second-order valence-electron chi connectivity index (χ2n) is 21.7. The minimum Gasteiger partial charge on any atom is -0.459 e. The third-order valence-electron chi connectivity index (χ3n) is 16.3. The Kier molecular flexibility index (Phi) is 29.8. The normalized spacial score (nSPS) is 16.5. The van der Waals surface area contributed by atoms with E-state index in [2.05, 4.69) is 250 Å². The zero-order chi connectivity index (χ0) is 61.7. The molecule has 6 aromatic rings. The SMILES string of the molecule is C#CC.C/C=C(C)/C=C\C(C)N(C)c1cccc2c1oc1c(C(C)CCCC)cccc12.C=C.C=C.C=Cc1c(CC2CCCCC2)oc2c1=CCCCC=2N(C1=C2\C=Cc3cccc(c3C2)/C=C\C/C=C\1)c1ccc(C)c(C)c1.CC.CC. The summed E-state index contributed by atoms with van der Waals surface area (Å²) in [6.45, 7) is 41.4. The largest absolute Gasteiger partial charge is 0.459 e. The van der Waals surface area contributed by atoms with Gasteiger partial charge in [0, 0.05) is 58.9 Å². The molecule has 4 nitrogen and oxygen atoms in total. The second kappa shape index (κ2) is 36.3. The molecule has 1 saturated carbocycles. The van der Waals surface area contributed by atoms with E-state index >= 15 is 0 Å². The van der Waals surface area contributed by atoms with E-state index < -0.39 is 0 Å². The fourth-order valence-corrected chi connectivity index (χ4v) is 11.5. The number of rotatable bonds is 14. The first-order valence-electron chi connectivity index (χ1n) is 31.6. The molecule has 1 fully saturated rings. The Morgan fingerprint density at radius 3 is 2.13 bits per heavy atom. The number of allylic oxidation sites excluding steroid dienone is 8. The highest BCUT2D eigenvalue weighted by molar-refractivity contribution is 6.10. The monoisotopic (exact) mass is 1120 g/mol. The van der Waals surface area contributed by atoms with Crippen molar-refractivity contribution in [3.63, 3.8) is 0 Å². The molecule has 0 aliphatic heterocycles. The summed E-state index contributed by atoms with van der Waals surface area (Å²) in [5.41, 5.74) is 19.8. The van der Waals surface area contributed by atoms with E-state index in [0.29, 0.717) is 11.8 Å². The van der Waals surface area contributed by atoms with Gasteiger partial charge in [0.15, 0.2) is 11.0 Å². The molecule has 0 N–H and O–H groups in total. The number of unbranched alkanes of at least 4 members (excludes halogenated alkanes) is 1. The van der Waals surface area contributed by atoms with Gasteiger partial charge in [-0.05, 0) is 149 Å². The van der Waals surface area contributed by atoms with Gasteiger partial charge in [-0.15, -0.1) is 38.7 Å². The van der Waals surface area contributed by atoms with Gasteiger partial charge in [-0.2, -0.15) is 0 Å². The molecule has 2 aromatic heterocycles. The summed E-state index contributed by atoms with van der Waals surface area (Å²) in [5.74, 6) is 4.59. The second-order valence-corrected chi connectivity index (χ2v) is 21.7. The number of aryl methyl sites for hydroxylation is 2. The predicted molar refractivity (Wildman–Crippen MR) is 375 cm³/mol. The van der Waals surface area contributed by atoms with Crippen molar-refractivity contribution >= 4 is 63.3 Å². The maximum Gasteiger partial charge on any atom is 0.158 e. The van der Waals surface area contributed by atoms with Crippen LogP contribution in [0.1, 0.15) is 197 Å². The van der Waals surface area contributed by atoms with Crippen molar-refractivity contribution in [1.82, 2.24) is 0 Å². The number of hydrogen-bond donors (Lipinski definition) is 0. The molecule has 0 spiro atoms. The highest BCUT2D eigenvalue weighted by Crippen LogP contribution is 2.41. The Balaban J connectivity index is 0.000000328. The molecule has 446 valence electrons. The molecular weight excluding hydrogens is 1020 g/mol. The summed E-state index contributed by atoms with van der Waals surface area (Å²) in [6, 6.07) is 27.0. The maximum atomic E-state index is 7.05. The Labute approximate surface area is 509 Å². The summed E-state index contributed by atoms with van der Waals surface area (Å²) in [7, 11) is 2.15. The van der Waals surface area contributed by atoms with Crippen molar-refractivity contribution in [2.45, 2.75) is 185 Å². The van der Waals surface area contributed by atoms with Crippen molar-refractivity contribution in [2.75, 3.05) is 16.8 Å². The number of benzene rings is 4. The van der Waals surface area contributed by atoms with Gasteiger partial charge in [-0.25, -0.2) is 0 Å². The van der Waals surface area contributed by atoms with E-state index in [4.69, 9.17) is 8.83 Å². The van der Waals surface area contributed by atoms with E-state index in [1.165, 1.54) is 135 Å². The van der Waals surface area contributed by atoms with Crippen LogP contribution in [-0.2, 0) is 12.8 Å². The van der Waals surface area contributed by atoms with Gasteiger partial charge in [0.25, 0.3) is 0 Å². The van der Waals surface area contributed by atoms with Gasteiger partial charge >= 0.3 is 0 Å². The third-order valence-corrected chi connectivity index (χ3v) is 16.3. The summed E-state index contributed by atoms with van der Waals surface area (Å²) >= 11 is 0. The van der Waals surface area contributed by atoms with Crippen molar-refractivity contribution in [2.24, 2.45) is 5.92 Å². The fraction of sp³-hybridized carbons (Fsp3) is 0.375. The molecule has 4 aromatic carbocycles. The van der Waals surface area contributed by atoms with Crippen LogP contribution < -0.4 is 20.4 Å². The number of para-hydroxylation sites is 2. The molecule has 0 saturated heterocycles. The van der Waals surface area contributed by atoms with Crippen LogP contribution in [0, 0.1) is 32.1 Å². The number of nitrogens with zero attached hydrogens (tertiary/aromatic N) is 2. The number of terminal acetylenes is 1. The third kappa shape index (κ3) is 17.3. The number of likely N-dealkylation sites (N-methyl/N-ethyl adjacent to an activating group) is 1. The topological polar surface area (TPSA) is 32.8 Å². The average Bonchev–Trinajstić information content (AvgIpc) is 2.02. The fourth-order valence-electron chi connectivity index (χ4n) is 11.5. The van der Waals surface area contributed by atoms with Gasteiger partial charge in [0.1, 0.15) is 11.3 Å². The minimum absolute atomic E-state index is 0.270. The number of fused-ring (bicyclic) bond motifs is 5. The van der Waals surface area contributed by atoms with Crippen molar-refractivity contribution < 1.29 is 8.83 Å². The molecule has 2 heterocycles. The van der Waals surface area contributed by atoms with E-state index in [9.17, 15) is 0 Å². The lowest BCUT2D eigenvalue weighted by atomic mass is 9.86. The lowest BCUT2D eigenvalue weighted by molar-refractivity contribution is 0.330. The van der Waals surface area contributed by atoms with Crippen LogP contribution in [0.5, 0.6) is 0 Å². The molecule has 4 aliphatic rings. The number of furan rings is 2. The Morgan fingerprint density at radius 1 is 0.810 bits per heavy atom. The van der Waals surface area contributed by atoms with Crippen LogP contribution >= 0.6 is 0 Å². The van der Waals surface area contributed by atoms with Crippen molar-refractivity contribution in [3.05, 3.63) is 220 Å². The van der Waals surface area contributed by atoms with Crippen molar-refractivity contribution in [3.8, 4) is 12.3 Å². The Hall–Kier alpha value is -7.48. The van der Waals surface area contributed by atoms with Crippen LogP contribution in [0.3, 0.4) is 0 Å². The van der Waals surface area contributed by atoms with Crippen molar-refractivity contribution in [1.29, 1.82) is 0 Å². The molecule has 84 heavy (non-hydrogen) atoms. The summed E-state index contributed by atoms with van der Waals surface area (Å²) in [4.78, 5) is 4.84. The summed E-state index contributed by atoms with van der Waals surface area (Å²) in [6.07, 6.45) is 45.8. The molecule has 4 aliphatic carbocycles. The smallest absolute Gasteiger partial charge is 0.158 e. The highest BCUT2D eigenvalue weighted by atomic mass is 16.3. The van der Waals surface area contributed by atoms with Gasteiger partial charge < -0.3 is 18.6 Å². The van der Waals surface area contributed by atoms with Gasteiger partial charge in [-0.3, -0.25) is 0 Å². The highest BCUT2D eigenvalue weighted by Gasteiger charge is 2.27. The first-order valence-corrected chi connectivity index (χ1v) is 31.6. The van der Waals surface area contributed by atoms with E-state index in [1.807, 2.05) is 27.7 Å². The molecular formula is C80H104N2O2. The molecule has 2 unspecified atom stereocenters. The van der Waals surface area contributed by atoms with E-state index in [0.717, 1.165) is 66.6 Å². The minimum atomic E-state index is 0.270. The first kappa shape index (κ1) is 69.0. The first-order chi connectivity index (χ1) is 41.0. The van der Waals surface area contributed by atoms with E-state index in [1.54, 1.807) is 6.92 Å². The van der Waals surface area contributed by atoms with Gasteiger partial charge in [0.05, 0.1) is 11.4 Å². The summed E-state index contributed by atoms with van der Waals surface area (Å²) < 4.78 is 13.6. The van der Waals surface area contributed by atoms with Crippen LogP contribution in [-0.4, -0.2) is 13.1 Å². The van der Waals surface area contributed by atoms with Crippen LogP contribution in [0.4, 0.5) is 11.4 Å². The van der Waals surface area contributed by atoms with Gasteiger partial charge in [0.2, 0.25) is 0 Å². The molecule has 4 heteroatoms. The lowest BCUT2D eigenvalue weighted by Crippen LogP contribution is -2.33. The van der Waals surface area contributed by atoms with Crippen LogP contribution in [0.2, 0.25) is 0 Å². The molecule has 0 radical (unpaired) electrons. The lowest BCUT2D eigenvalue weighted by Gasteiger charge is -2.31. The zero-order valence-corrected chi connectivity index (χ0v) is 54.2. The zero-order valence-electron chi connectivity index (χ0n) is 54.2. The predicted octanol–water partition coefficient (Wildman–Crippen LogP) is 22.3. The van der Waals surface area contributed by atoms with Gasteiger partial charge in [-0.1, -0.05) is 214 Å². The van der Waals surface area contributed by atoms with Crippen LogP contribution in [0.15, 0.2) is 174 Å². The summed E-state index contributed by atoms with van der Waals surface area (Å²) in [5, 5.41) is 3.68. The molecule has 0 amide bonds. The molecule has 2 atom stereocenters. The maximum absolute atomic E-state index is 7.05. The average molecular weight is 1130 g/mol. The Morgan fingerprint density at radius 2 is 1.46 bits per heavy atom. The molecule has 10 rings (SSSR count). The quantitative estimate of drug-likeness (QED) is 0.0618.